The van der Waals surface area contributed by atoms with Crippen molar-refractivity contribution in [3.05, 3.63) is 50.8 Å². The Morgan fingerprint density at radius 2 is 2.00 bits per heavy atom. The summed E-state index contributed by atoms with van der Waals surface area (Å²) in [6.07, 6.45) is 8.35. The summed E-state index contributed by atoms with van der Waals surface area (Å²) < 4.78 is 8.45. The van der Waals surface area contributed by atoms with Crippen molar-refractivity contribution in [1.29, 1.82) is 0 Å². The highest BCUT2D eigenvalue weighted by atomic mass is 35.5. The van der Waals surface area contributed by atoms with Crippen LogP contribution in [0.1, 0.15) is 57.2 Å². The molecule has 4 atom stereocenters. The highest BCUT2D eigenvalue weighted by Gasteiger charge is 2.39. The molecule has 3 aromatic rings. The van der Waals surface area contributed by atoms with E-state index in [-0.39, 0.29) is 11.7 Å². The van der Waals surface area contributed by atoms with Gasteiger partial charge in [-0.25, -0.2) is 4.98 Å². The van der Waals surface area contributed by atoms with Crippen molar-refractivity contribution >= 4 is 33.2 Å². The molecule has 2 unspecified atom stereocenters. The molecule has 6 nitrogen and oxygen atoms in total. The lowest BCUT2D eigenvalue weighted by Gasteiger charge is -2.36. The van der Waals surface area contributed by atoms with Gasteiger partial charge in [-0.15, -0.1) is 11.3 Å². The monoisotopic (exact) mass is 501 g/mol. The molecule has 2 aliphatic rings. The Labute approximate surface area is 209 Å². The van der Waals surface area contributed by atoms with Crippen molar-refractivity contribution in [2.45, 2.75) is 82.6 Å². The fraction of sp³-hybridized carbons (Fsp3) is 0.538. The molecule has 182 valence electrons. The average Bonchev–Trinajstić information content (AvgIpc) is 3.31. The van der Waals surface area contributed by atoms with Crippen molar-refractivity contribution in [2.75, 3.05) is 7.05 Å². The summed E-state index contributed by atoms with van der Waals surface area (Å²) in [5, 5.41) is 10.8. The Kier molecular flexibility index (Phi) is 6.48. The number of halogens is 1. The van der Waals surface area contributed by atoms with Crippen LogP contribution < -0.4 is 10.3 Å². The van der Waals surface area contributed by atoms with Gasteiger partial charge in [-0.1, -0.05) is 18.5 Å². The smallest absolute Gasteiger partial charge is 0.275 e. The normalized spacial score (nSPS) is 24.4. The van der Waals surface area contributed by atoms with Crippen LogP contribution in [-0.4, -0.2) is 50.4 Å². The molecule has 0 spiro atoms. The molecule has 2 bridgehead atoms. The second-order valence-electron chi connectivity index (χ2n) is 10.1. The molecule has 4 heterocycles. The maximum Gasteiger partial charge on any atom is 0.275 e. The van der Waals surface area contributed by atoms with E-state index < -0.39 is 5.60 Å². The van der Waals surface area contributed by atoms with Gasteiger partial charge in [0, 0.05) is 17.0 Å². The number of rotatable bonds is 7. The van der Waals surface area contributed by atoms with Gasteiger partial charge in [0.15, 0.2) is 0 Å². The number of aryl methyl sites for hydroxylation is 1. The Balaban J connectivity index is 1.34. The molecule has 2 saturated heterocycles. The zero-order chi connectivity index (χ0) is 24.0. The quantitative estimate of drug-likeness (QED) is 0.482. The van der Waals surface area contributed by atoms with Gasteiger partial charge >= 0.3 is 0 Å². The fourth-order valence-corrected chi connectivity index (χ4v) is 6.47. The van der Waals surface area contributed by atoms with Crippen molar-refractivity contribution in [1.82, 2.24) is 14.5 Å². The molecule has 8 heteroatoms. The van der Waals surface area contributed by atoms with Crippen LogP contribution in [0.5, 0.6) is 5.75 Å². The largest absolute Gasteiger partial charge is 0.489 e. The molecule has 2 aromatic heterocycles. The van der Waals surface area contributed by atoms with Crippen LogP contribution >= 0.6 is 22.9 Å². The van der Waals surface area contributed by atoms with E-state index in [0.29, 0.717) is 51.6 Å². The van der Waals surface area contributed by atoms with Crippen molar-refractivity contribution in [3.63, 3.8) is 0 Å². The number of aromatic nitrogens is 2. The minimum atomic E-state index is -0.697. The number of hydrogen-bond acceptors (Lipinski definition) is 6. The summed E-state index contributed by atoms with van der Waals surface area (Å²) in [6.45, 7) is 3.82. The first-order valence-corrected chi connectivity index (χ1v) is 13.3. The summed E-state index contributed by atoms with van der Waals surface area (Å²) in [7, 11) is 2.22. The summed E-state index contributed by atoms with van der Waals surface area (Å²) in [5.74, 6) is 0.669. The lowest BCUT2D eigenvalue weighted by atomic mass is 9.97. The van der Waals surface area contributed by atoms with Crippen LogP contribution in [-0.2, 0) is 6.42 Å². The van der Waals surface area contributed by atoms with Crippen LogP contribution in [0, 0.1) is 0 Å². The average molecular weight is 502 g/mol. The molecule has 2 fully saturated rings. The lowest BCUT2D eigenvalue weighted by Crippen LogP contribution is -2.43. The number of thiophene rings is 1. The van der Waals surface area contributed by atoms with Crippen LogP contribution in [0.3, 0.4) is 0 Å². The van der Waals surface area contributed by atoms with E-state index in [1.165, 1.54) is 28.7 Å². The lowest BCUT2D eigenvalue weighted by molar-refractivity contribution is 0.0475. The highest BCUT2D eigenvalue weighted by molar-refractivity contribution is 7.18. The van der Waals surface area contributed by atoms with E-state index in [4.69, 9.17) is 16.3 Å². The Morgan fingerprint density at radius 1 is 1.26 bits per heavy atom. The van der Waals surface area contributed by atoms with Gasteiger partial charge in [0.25, 0.3) is 5.56 Å². The van der Waals surface area contributed by atoms with E-state index >= 15 is 0 Å². The number of benzene rings is 1. The predicted molar refractivity (Wildman–Crippen MR) is 138 cm³/mol. The van der Waals surface area contributed by atoms with Crippen molar-refractivity contribution in [2.24, 2.45) is 0 Å². The van der Waals surface area contributed by atoms with E-state index in [9.17, 15) is 9.90 Å². The topological polar surface area (TPSA) is 67.6 Å². The van der Waals surface area contributed by atoms with E-state index in [1.54, 1.807) is 12.4 Å². The third-order valence-electron chi connectivity index (χ3n) is 7.70. The molecule has 0 aliphatic carbocycles. The van der Waals surface area contributed by atoms with Crippen molar-refractivity contribution < 1.29 is 9.84 Å². The predicted octanol–water partition coefficient (Wildman–Crippen LogP) is 5.20. The standard InChI is InChI=1S/C26H32ClN3O3S/c1-4-26(2,32)10-9-20-14-22-24(34-20)25(31)30(15-28-22)18-7-8-23(21(27)13-18)33-19-11-16-5-6-17(12-19)29(16)3/h7-8,13-17,19,32H,4-6,9-12H2,1-3H3/t16-,17+,19?,26?. The second kappa shape index (κ2) is 9.26. The van der Waals surface area contributed by atoms with Crippen LogP contribution in [0.4, 0.5) is 0 Å². The van der Waals surface area contributed by atoms with E-state index in [1.807, 2.05) is 32.0 Å². The fourth-order valence-electron chi connectivity index (χ4n) is 5.21. The summed E-state index contributed by atoms with van der Waals surface area (Å²) in [6, 6.07) is 8.66. The third-order valence-corrected chi connectivity index (χ3v) is 9.17. The summed E-state index contributed by atoms with van der Waals surface area (Å²) >= 11 is 8.05. The summed E-state index contributed by atoms with van der Waals surface area (Å²) in [5.41, 5.74) is 0.557. The van der Waals surface area contributed by atoms with Gasteiger partial charge < -0.3 is 14.7 Å². The first kappa shape index (κ1) is 23.8. The molecule has 1 aromatic carbocycles. The van der Waals surface area contributed by atoms with Crippen LogP contribution in [0.2, 0.25) is 5.02 Å². The SMILES string of the molecule is CCC(C)(O)CCc1cc2ncn(-c3ccc(OC4C[C@H]5CC[C@@H](C4)N5C)c(Cl)c3)c(=O)c2s1. The number of piperidine rings is 1. The first-order valence-electron chi connectivity index (χ1n) is 12.1. The third kappa shape index (κ3) is 4.63. The molecule has 1 N–H and O–H groups in total. The molecule has 0 amide bonds. The van der Waals surface area contributed by atoms with Crippen LogP contribution in [0.15, 0.2) is 35.4 Å². The van der Waals surface area contributed by atoms with Gasteiger partial charge in [-0.2, -0.15) is 0 Å². The van der Waals surface area contributed by atoms with Gasteiger partial charge in [0.2, 0.25) is 0 Å². The molecular weight excluding hydrogens is 470 g/mol. The number of aliphatic hydroxyl groups is 1. The minimum absolute atomic E-state index is 0.111. The first-order chi connectivity index (χ1) is 16.2. The van der Waals surface area contributed by atoms with Gasteiger partial charge in [-0.3, -0.25) is 9.36 Å². The Bertz CT molecular complexity index is 1240. The number of ether oxygens (including phenoxy) is 1. The van der Waals surface area contributed by atoms with Gasteiger partial charge in [0.1, 0.15) is 22.9 Å². The number of hydrogen-bond donors (Lipinski definition) is 1. The molecule has 5 rings (SSSR count). The van der Waals surface area contributed by atoms with E-state index in [2.05, 4.69) is 16.9 Å². The maximum absolute atomic E-state index is 13.2. The van der Waals surface area contributed by atoms with Crippen LogP contribution in [0.25, 0.3) is 15.9 Å². The maximum atomic E-state index is 13.2. The second-order valence-corrected chi connectivity index (χ2v) is 11.6. The molecule has 0 saturated carbocycles. The number of fused-ring (bicyclic) bond motifs is 3. The Hall–Kier alpha value is -1.93. The number of nitrogens with zero attached hydrogens (tertiary/aromatic N) is 3. The molecular formula is C26H32ClN3O3S. The Morgan fingerprint density at radius 3 is 2.68 bits per heavy atom. The van der Waals surface area contributed by atoms with Crippen molar-refractivity contribution in [3.8, 4) is 11.4 Å². The van der Waals surface area contributed by atoms with Gasteiger partial charge in [-0.05, 0) is 83.2 Å². The molecule has 2 aliphatic heterocycles. The zero-order valence-corrected chi connectivity index (χ0v) is 21.5. The molecule has 34 heavy (non-hydrogen) atoms. The zero-order valence-electron chi connectivity index (χ0n) is 20.0. The molecule has 0 radical (unpaired) electrons. The minimum Gasteiger partial charge on any atom is -0.489 e. The summed E-state index contributed by atoms with van der Waals surface area (Å²) in [4.78, 5) is 21.3. The van der Waals surface area contributed by atoms with Gasteiger partial charge in [0.05, 0.1) is 21.8 Å². The van der Waals surface area contributed by atoms with E-state index in [0.717, 1.165) is 24.1 Å². The highest BCUT2D eigenvalue weighted by Crippen LogP contribution is 2.37.